The van der Waals surface area contributed by atoms with Crippen molar-refractivity contribution in [3.8, 4) is 5.75 Å². The quantitative estimate of drug-likeness (QED) is 0.786. The molecule has 0 aliphatic heterocycles. The van der Waals surface area contributed by atoms with Gasteiger partial charge in [0.15, 0.2) is 0 Å². The van der Waals surface area contributed by atoms with E-state index in [1.54, 1.807) is 12.1 Å². The largest absolute Gasteiger partial charge is 0.492 e. The first-order valence-corrected chi connectivity index (χ1v) is 8.39. The minimum Gasteiger partial charge on any atom is -0.492 e. The second kappa shape index (κ2) is 8.92. The van der Waals surface area contributed by atoms with Crippen LogP contribution >= 0.6 is 23.2 Å². The molecule has 1 amide bonds. The molecule has 0 spiro atoms. The summed E-state index contributed by atoms with van der Waals surface area (Å²) in [6, 6.07) is 12.7. The van der Waals surface area contributed by atoms with Gasteiger partial charge in [-0.3, -0.25) is 9.69 Å². The Bertz CT molecular complexity index is 707. The smallest absolute Gasteiger partial charge is 0.238 e. The molecular weight excluding hydrogens is 347 g/mol. The van der Waals surface area contributed by atoms with E-state index in [0.717, 1.165) is 5.56 Å². The third kappa shape index (κ3) is 5.41. The minimum atomic E-state index is -0.116. The Kier molecular flexibility index (Phi) is 6.91. The molecule has 2 rings (SSSR count). The van der Waals surface area contributed by atoms with Crippen molar-refractivity contribution in [2.24, 2.45) is 0 Å². The molecule has 2 aromatic rings. The Balaban J connectivity index is 1.94. The lowest BCUT2D eigenvalue weighted by molar-refractivity contribution is -0.117. The molecule has 0 saturated carbocycles. The fraction of sp³-hybridized carbons (Fsp3) is 0.278. The summed E-state index contributed by atoms with van der Waals surface area (Å²) in [5, 5.41) is 4.06. The normalized spacial score (nSPS) is 10.7. The van der Waals surface area contributed by atoms with Crippen molar-refractivity contribution in [3.63, 3.8) is 0 Å². The Morgan fingerprint density at radius 2 is 1.96 bits per heavy atom. The van der Waals surface area contributed by atoms with Crippen LogP contribution in [0.3, 0.4) is 0 Å². The van der Waals surface area contributed by atoms with Crippen LogP contribution in [0.5, 0.6) is 5.75 Å². The maximum Gasteiger partial charge on any atom is 0.238 e. The van der Waals surface area contributed by atoms with E-state index in [2.05, 4.69) is 5.32 Å². The monoisotopic (exact) mass is 366 g/mol. The van der Waals surface area contributed by atoms with Crippen molar-refractivity contribution in [2.75, 3.05) is 25.5 Å². The zero-order valence-corrected chi connectivity index (χ0v) is 15.2. The average molecular weight is 367 g/mol. The van der Waals surface area contributed by atoms with Crippen LogP contribution in [-0.4, -0.2) is 31.0 Å². The first-order valence-electron chi connectivity index (χ1n) is 7.63. The van der Waals surface area contributed by atoms with Crippen LogP contribution in [0.4, 0.5) is 5.69 Å². The van der Waals surface area contributed by atoms with E-state index in [1.165, 1.54) is 0 Å². The number of likely N-dealkylation sites (N-methyl/N-ethyl adjacent to an activating group) is 1. The second-order valence-electron chi connectivity index (χ2n) is 5.39. The molecule has 0 fully saturated rings. The van der Waals surface area contributed by atoms with Crippen molar-refractivity contribution in [3.05, 3.63) is 58.1 Å². The zero-order chi connectivity index (χ0) is 17.5. The van der Waals surface area contributed by atoms with Crippen molar-refractivity contribution < 1.29 is 9.53 Å². The summed E-state index contributed by atoms with van der Waals surface area (Å²) < 4.78 is 5.51. The number of hydrogen-bond donors (Lipinski definition) is 1. The molecule has 0 bridgehead atoms. The van der Waals surface area contributed by atoms with Gasteiger partial charge in [0.25, 0.3) is 0 Å². The fourth-order valence-corrected chi connectivity index (χ4v) is 2.75. The van der Waals surface area contributed by atoms with Gasteiger partial charge in [0.05, 0.1) is 18.8 Å². The molecule has 0 atom stereocenters. The molecule has 0 radical (unpaired) electrons. The first kappa shape index (κ1) is 18.6. The van der Waals surface area contributed by atoms with Crippen LogP contribution in [0.1, 0.15) is 12.5 Å². The summed E-state index contributed by atoms with van der Waals surface area (Å²) in [5.41, 5.74) is 1.59. The van der Waals surface area contributed by atoms with Crippen molar-refractivity contribution in [1.29, 1.82) is 0 Å². The summed E-state index contributed by atoms with van der Waals surface area (Å²) >= 11 is 12.1. The van der Waals surface area contributed by atoms with Gasteiger partial charge in [0.1, 0.15) is 5.75 Å². The van der Waals surface area contributed by atoms with Gasteiger partial charge in [0.2, 0.25) is 5.91 Å². The number of hydrogen-bond acceptors (Lipinski definition) is 3. The van der Waals surface area contributed by atoms with Crippen molar-refractivity contribution in [2.45, 2.75) is 13.5 Å². The highest BCUT2D eigenvalue weighted by Crippen LogP contribution is 2.24. The predicted octanol–water partition coefficient (Wildman–Crippen LogP) is 4.46. The molecule has 4 nitrogen and oxygen atoms in total. The summed E-state index contributed by atoms with van der Waals surface area (Å²) in [4.78, 5) is 14.1. The molecule has 6 heteroatoms. The number of ether oxygens (including phenoxy) is 1. The molecule has 0 heterocycles. The van der Waals surface area contributed by atoms with Gasteiger partial charge in [0, 0.05) is 16.6 Å². The molecule has 128 valence electrons. The molecule has 0 aliphatic rings. The number of carbonyl (C=O) groups is 1. The number of anilines is 1. The summed E-state index contributed by atoms with van der Waals surface area (Å²) in [6.07, 6.45) is 0. The van der Waals surface area contributed by atoms with Crippen LogP contribution in [0.15, 0.2) is 42.5 Å². The molecule has 0 unspecified atom stereocenters. The Hall–Kier alpha value is -1.75. The van der Waals surface area contributed by atoms with Gasteiger partial charge in [-0.15, -0.1) is 0 Å². The molecule has 0 aliphatic carbocycles. The van der Waals surface area contributed by atoms with E-state index in [1.807, 2.05) is 49.2 Å². The van der Waals surface area contributed by atoms with Crippen LogP contribution in [0, 0.1) is 0 Å². The first-order chi connectivity index (χ1) is 11.5. The Labute approximate surface area is 152 Å². The van der Waals surface area contributed by atoms with E-state index in [4.69, 9.17) is 27.9 Å². The molecule has 1 N–H and O–H groups in total. The lowest BCUT2D eigenvalue weighted by Crippen LogP contribution is -2.30. The maximum absolute atomic E-state index is 12.2. The topological polar surface area (TPSA) is 41.6 Å². The third-order valence-corrected chi connectivity index (χ3v) is 3.92. The van der Waals surface area contributed by atoms with E-state index >= 15 is 0 Å². The standard InChI is InChI=1S/C18H20Cl2N2O2/c1-3-24-17-7-5-4-6-16(17)21-18(23)12-22(2)11-13-8-9-14(19)10-15(13)20/h4-10H,3,11-12H2,1-2H3,(H,21,23). The number of carbonyl (C=O) groups excluding carboxylic acids is 1. The van der Waals surface area contributed by atoms with Gasteiger partial charge in [-0.1, -0.05) is 41.4 Å². The van der Waals surface area contributed by atoms with Crippen LogP contribution < -0.4 is 10.1 Å². The average Bonchev–Trinajstić information content (AvgIpc) is 2.52. The summed E-state index contributed by atoms with van der Waals surface area (Å²) in [5.74, 6) is 0.548. The molecule has 2 aromatic carbocycles. The SMILES string of the molecule is CCOc1ccccc1NC(=O)CN(C)Cc1ccc(Cl)cc1Cl. The van der Waals surface area contributed by atoms with Gasteiger partial charge in [-0.25, -0.2) is 0 Å². The van der Waals surface area contributed by atoms with E-state index < -0.39 is 0 Å². The number of nitrogens with one attached hydrogen (secondary N) is 1. The maximum atomic E-state index is 12.2. The minimum absolute atomic E-state index is 0.116. The number of nitrogens with zero attached hydrogens (tertiary/aromatic N) is 1. The van der Waals surface area contributed by atoms with Gasteiger partial charge in [-0.2, -0.15) is 0 Å². The lowest BCUT2D eigenvalue weighted by Gasteiger charge is -2.18. The fourth-order valence-electron chi connectivity index (χ4n) is 2.28. The summed E-state index contributed by atoms with van der Waals surface area (Å²) in [7, 11) is 1.86. The van der Waals surface area contributed by atoms with Gasteiger partial charge >= 0.3 is 0 Å². The summed E-state index contributed by atoms with van der Waals surface area (Å²) in [6.45, 7) is 3.24. The van der Waals surface area contributed by atoms with Crippen molar-refractivity contribution >= 4 is 34.8 Å². The van der Waals surface area contributed by atoms with E-state index in [9.17, 15) is 4.79 Å². The van der Waals surface area contributed by atoms with Crippen LogP contribution in [0.2, 0.25) is 10.0 Å². The highest BCUT2D eigenvalue weighted by Gasteiger charge is 2.11. The number of halogens is 2. The highest BCUT2D eigenvalue weighted by atomic mass is 35.5. The van der Waals surface area contributed by atoms with Gasteiger partial charge < -0.3 is 10.1 Å². The Morgan fingerprint density at radius 1 is 1.21 bits per heavy atom. The molecule has 24 heavy (non-hydrogen) atoms. The molecular formula is C18H20Cl2N2O2. The highest BCUT2D eigenvalue weighted by molar-refractivity contribution is 6.35. The van der Waals surface area contributed by atoms with E-state index in [0.29, 0.717) is 34.6 Å². The second-order valence-corrected chi connectivity index (χ2v) is 6.23. The van der Waals surface area contributed by atoms with Gasteiger partial charge in [-0.05, 0) is 43.8 Å². The Morgan fingerprint density at radius 3 is 2.67 bits per heavy atom. The third-order valence-electron chi connectivity index (χ3n) is 3.33. The number of benzene rings is 2. The van der Waals surface area contributed by atoms with Crippen molar-refractivity contribution in [1.82, 2.24) is 4.90 Å². The molecule has 0 saturated heterocycles. The number of amides is 1. The lowest BCUT2D eigenvalue weighted by atomic mass is 10.2. The number of rotatable bonds is 7. The van der Waals surface area contributed by atoms with Crippen LogP contribution in [0.25, 0.3) is 0 Å². The predicted molar refractivity (Wildman–Crippen MR) is 99.0 cm³/mol. The number of para-hydroxylation sites is 2. The van der Waals surface area contributed by atoms with Crippen LogP contribution in [-0.2, 0) is 11.3 Å². The zero-order valence-electron chi connectivity index (χ0n) is 13.7. The molecule has 0 aromatic heterocycles. The van der Waals surface area contributed by atoms with E-state index in [-0.39, 0.29) is 12.5 Å².